The molecule has 0 saturated carbocycles. The molecule has 3 aromatic carbocycles. The number of rotatable bonds is 8. The Bertz CT molecular complexity index is 1310. The molecule has 1 heterocycles. The Balaban J connectivity index is 1.53. The molecule has 0 aliphatic heterocycles. The number of anilines is 1. The summed E-state index contributed by atoms with van der Waals surface area (Å²) in [5.74, 6) is 0.0352. The molecule has 0 atom stereocenters. The van der Waals surface area contributed by atoms with Gasteiger partial charge in [-0.3, -0.25) is 9.36 Å². The van der Waals surface area contributed by atoms with Crippen LogP contribution in [0, 0.1) is 0 Å². The average Bonchev–Trinajstić information content (AvgIpc) is 3.25. The van der Waals surface area contributed by atoms with Crippen LogP contribution in [-0.2, 0) is 16.1 Å². The van der Waals surface area contributed by atoms with Crippen LogP contribution in [0.5, 0.6) is 0 Å². The van der Waals surface area contributed by atoms with E-state index in [2.05, 4.69) is 15.5 Å². The highest BCUT2D eigenvalue weighted by Gasteiger charge is 2.18. The molecule has 0 spiro atoms. The van der Waals surface area contributed by atoms with E-state index in [0.717, 1.165) is 11.1 Å². The minimum absolute atomic E-state index is 0.109. The van der Waals surface area contributed by atoms with Gasteiger partial charge in [-0.05, 0) is 35.9 Å². The first-order chi connectivity index (χ1) is 16.5. The fourth-order valence-corrected chi connectivity index (χ4v) is 4.27. The molecule has 7 nitrogen and oxygen atoms in total. The minimum Gasteiger partial charge on any atom is -0.465 e. The molecule has 0 aliphatic carbocycles. The van der Waals surface area contributed by atoms with E-state index in [1.807, 2.05) is 53.1 Å². The zero-order chi connectivity index (χ0) is 23.9. The van der Waals surface area contributed by atoms with E-state index in [-0.39, 0.29) is 11.7 Å². The van der Waals surface area contributed by atoms with Gasteiger partial charge in [0, 0.05) is 11.3 Å². The fraction of sp³-hybridized carbons (Fsp3) is 0.120. The summed E-state index contributed by atoms with van der Waals surface area (Å²) in [4.78, 5) is 24.3. The molecule has 4 aromatic rings. The third-order valence-corrected chi connectivity index (χ3v) is 6.21. The van der Waals surface area contributed by atoms with Gasteiger partial charge in [-0.1, -0.05) is 71.9 Å². The maximum absolute atomic E-state index is 12.6. The van der Waals surface area contributed by atoms with Gasteiger partial charge >= 0.3 is 5.97 Å². The Kier molecular flexibility index (Phi) is 7.61. The number of hydrogen-bond acceptors (Lipinski definition) is 6. The summed E-state index contributed by atoms with van der Waals surface area (Å²) in [7, 11) is 1.31. The number of nitrogens with one attached hydrogen (secondary N) is 1. The Labute approximate surface area is 206 Å². The summed E-state index contributed by atoms with van der Waals surface area (Å²) >= 11 is 7.69. The van der Waals surface area contributed by atoms with Gasteiger partial charge in [-0.2, -0.15) is 0 Å². The smallest absolute Gasteiger partial charge is 0.337 e. The molecule has 0 saturated heterocycles. The summed E-state index contributed by atoms with van der Waals surface area (Å²) in [5, 5.41) is 12.7. The Morgan fingerprint density at radius 3 is 2.53 bits per heavy atom. The number of hydrogen-bond donors (Lipinski definition) is 1. The van der Waals surface area contributed by atoms with Crippen molar-refractivity contribution in [3.63, 3.8) is 0 Å². The highest BCUT2D eigenvalue weighted by molar-refractivity contribution is 7.99. The lowest BCUT2D eigenvalue weighted by atomic mass is 10.2. The number of methoxy groups -OCH3 is 1. The molecule has 0 bridgehead atoms. The van der Waals surface area contributed by atoms with Crippen molar-refractivity contribution in [3.05, 3.63) is 95.0 Å². The van der Waals surface area contributed by atoms with E-state index in [4.69, 9.17) is 16.3 Å². The number of esters is 1. The predicted octanol–water partition coefficient (Wildman–Crippen LogP) is 5.16. The number of benzene rings is 3. The molecule has 172 valence electrons. The highest BCUT2D eigenvalue weighted by atomic mass is 35.5. The summed E-state index contributed by atoms with van der Waals surface area (Å²) in [6, 6.07) is 24.0. The van der Waals surface area contributed by atoms with Gasteiger partial charge in [0.2, 0.25) is 5.91 Å². The first-order valence-electron chi connectivity index (χ1n) is 10.4. The third kappa shape index (κ3) is 5.65. The lowest BCUT2D eigenvalue weighted by molar-refractivity contribution is -0.113. The number of ether oxygens (including phenoxy) is 1. The van der Waals surface area contributed by atoms with Crippen molar-refractivity contribution in [1.82, 2.24) is 14.8 Å². The number of thioether (sulfide) groups is 1. The summed E-state index contributed by atoms with van der Waals surface area (Å²) in [5.41, 5.74) is 2.71. The number of nitrogens with zero attached hydrogens (tertiary/aromatic N) is 3. The van der Waals surface area contributed by atoms with Crippen molar-refractivity contribution < 1.29 is 14.3 Å². The number of halogens is 1. The topological polar surface area (TPSA) is 86.1 Å². The number of carbonyl (C=O) groups excluding carboxylic acids is 2. The second-order valence-electron chi connectivity index (χ2n) is 7.27. The van der Waals surface area contributed by atoms with E-state index in [0.29, 0.717) is 33.8 Å². The maximum atomic E-state index is 12.6. The summed E-state index contributed by atoms with van der Waals surface area (Å²) in [6.07, 6.45) is 0. The SMILES string of the molecule is COC(=O)c1cccc(NC(=O)CSc2nnc(-c3ccccc3Cl)n2Cc2ccccc2)c1. The molecular formula is C25H21ClN4O3S. The van der Waals surface area contributed by atoms with Gasteiger partial charge in [-0.25, -0.2) is 4.79 Å². The highest BCUT2D eigenvalue weighted by Crippen LogP contribution is 2.30. The van der Waals surface area contributed by atoms with E-state index in [9.17, 15) is 9.59 Å². The molecule has 0 radical (unpaired) electrons. The minimum atomic E-state index is -0.466. The molecular weight excluding hydrogens is 472 g/mol. The van der Waals surface area contributed by atoms with Crippen LogP contribution in [-0.4, -0.2) is 39.5 Å². The van der Waals surface area contributed by atoms with Crippen LogP contribution < -0.4 is 5.32 Å². The van der Waals surface area contributed by atoms with E-state index in [1.165, 1.54) is 18.9 Å². The van der Waals surface area contributed by atoms with Gasteiger partial charge in [0.15, 0.2) is 11.0 Å². The lowest BCUT2D eigenvalue weighted by Gasteiger charge is -2.11. The van der Waals surface area contributed by atoms with E-state index in [1.54, 1.807) is 30.3 Å². The van der Waals surface area contributed by atoms with Crippen LogP contribution in [0.4, 0.5) is 5.69 Å². The van der Waals surface area contributed by atoms with Crippen LogP contribution in [0.2, 0.25) is 5.02 Å². The van der Waals surface area contributed by atoms with Crippen LogP contribution in [0.3, 0.4) is 0 Å². The molecule has 34 heavy (non-hydrogen) atoms. The van der Waals surface area contributed by atoms with Gasteiger partial charge in [0.05, 0.1) is 30.0 Å². The molecule has 1 amide bonds. The van der Waals surface area contributed by atoms with Crippen molar-refractivity contribution >= 4 is 40.9 Å². The van der Waals surface area contributed by atoms with Gasteiger partial charge in [0.25, 0.3) is 0 Å². The molecule has 1 N–H and O–H groups in total. The van der Waals surface area contributed by atoms with Crippen molar-refractivity contribution in [2.75, 3.05) is 18.2 Å². The molecule has 1 aromatic heterocycles. The molecule has 0 unspecified atom stereocenters. The van der Waals surface area contributed by atoms with Crippen molar-refractivity contribution in [2.24, 2.45) is 0 Å². The zero-order valence-corrected chi connectivity index (χ0v) is 19.8. The first kappa shape index (κ1) is 23.5. The van der Waals surface area contributed by atoms with Crippen molar-refractivity contribution in [1.29, 1.82) is 0 Å². The largest absolute Gasteiger partial charge is 0.465 e. The molecule has 9 heteroatoms. The number of carbonyl (C=O) groups is 2. The second kappa shape index (κ2) is 11.0. The van der Waals surface area contributed by atoms with Crippen LogP contribution >= 0.6 is 23.4 Å². The number of amides is 1. The van der Waals surface area contributed by atoms with Gasteiger partial charge in [0.1, 0.15) is 0 Å². The maximum Gasteiger partial charge on any atom is 0.337 e. The van der Waals surface area contributed by atoms with E-state index >= 15 is 0 Å². The van der Waals surface area contributed by atoms with Crippen molar-refractivity contribution in [3.8, 4) is 11.4 Å². The first-order valence-corrected chi connectivity index (χ1v) is 11.7. The molecule has 0 fully saturated rings. The van der Waals surface area contributed by atoms with Crippen LogP contribution in [0.15, 0.2) is 84.0 Å². The molecule has 0 aliphatic rings. The number of aromatic nitrogens is 3. The Morgan fingerprint density at radius 2 is 1.76 bits per heavy atom. The quantitative estimate of drug-likeness (QED) is 0.270. The Morgan fingerprint density at radius 1 is 1.00 bits per heavy atom. The average molecular weight is 493 g/mol. The zero-order valence-electron chi connectivity index (χ0n) is 18.3. The fourth-order valence-electron chi connectivity index (χ4n) is 3.31. The van der Waals surface area contributed by atoms with Gasteiger partial charge < -0.3 is 10.1 Å². The Hall–Kier alpha value is -3.62. The van der Waals surface area contributed by atoms with Gasteiger partial charge in [-0.15, -0.1) is 10.2 Å². The van der Waals surface area contributed by atoms with Crippen LogP contribution in [0.1, 0.15) is 15.9 Å². The standard InChI is InChI=1S/C25H21ClN4O3S/c1-33-24(32)18-10-7-11-19(14-18)27-22(31)16-34-25-29-28-23(20-12-5-6-13-21(20)26)30(25)15-17-8-3-2-4-9-17/h2-14H,15-16H2,1H3,(H,27,31). The lowest BCUT2D eigenvalue weighted by Crippen LogP contribution is -2.15. The van der Waals surface area contributed by atoms with Crippen molar-refractivity contribution in [2.45, 2.75) is 11.7 Å². The van der Waals surface area contributed by atoms with Crippen LogP contribution in [0.25, 0.3) is 11.4 Å². The predicted molar refractivity (Wildman–Crippen MR) is 133 cm³/mol. The monoisotopic (exact) mass is 492 g/mol. The second-order valence-corrected chi connectivity index (χ2v) is 8.62. The van der Waals surface area contributed by atoms with E-state index < -0.39 is 5.97 Å². The summed E-state index contributed by atoms with van der Waals surface area (Å²) < 4.78 is 6.68. The normalized spacial score (nSPS) is 10.6. The third-order valence-electron chi connectivity index (χ3n) is 4.91. The molecule has 4 rings (SSSR count). The summed E-state index contributed by atoms with van der Waals surface area (Å²) in [6.45, 7) is 0.527.